The molecule has 2 fully saturated rings. The van der Waals surface area contributed by atoms with Crippen molar-refractivity contribution in [1.82, 2.24) is 0 Å². The quantitative estimate of drug-likeness (QED) is 0.715. The van der Waals surface area contributed by atoms with E-state index >= 15 is 0 Å². The molecule has 0 spiro atoms. The zero-order valence-electron chi connectivity index (χ0n) is 7.79. The molecule has 0 amide bonds. The fraction of sp³-hybridized carbons (Fsp3) is 0.636. The van der Waals surface area contributed by atoms with Crippen LogP contribution in [0.5, 0.6) is 0 Å². The lowest BCUT2D eigenvalue weighted by molar-refractivity contribution is 0.104. The third-order valence-corrected chi connectivity index (χ3v) is 3.83. The molecule has 2 aliphatic rings. The summed E-state index contributed by atoms with van der Waals surface area (Å²) in [5.41, 5.74) is 0.511. The molecule has 1 N–H and O–H groups in total. The molecule has 0 radical (unpaired) electrons. The summed E-state index contributed by atoms with van der Waals surface area (Å²) in [5.74, 6) is 1.92. The van der Waals surface area contributed by atoms with Gasteiger partial charge in [0.1, 0.15) is 5.76 Å². The van der Waals surface area contributed by atoms with Crippen molar-refractivity contribution in [2.75, 3.05) is 0 Å². The Morgan fingerprint density at radius 2 is 2.15 bits per heavy atom. The highest BCUT2D eigenvalue weighted by Crippen LogP contribution is 2.66. The van der Waals surface area contributed by atoms with Crippen molar-refractivity contribution >= 4 is 0 Å². The Morgan fingerprint density at radius 3 is 2.69 bits per heavy atom. The molecule has 2 atom stereocenters. The number of hydrogen-bond donors (Lipinski definition) is 1. The van der Waals surface area contributed by atoms with E-state index in [0.29, 0.717) is 11.8 Å². The maximum atomic E-state index is 10.4. The molecule has 13 heavy (non-hydrogen) atoms. The summed E-state index contributed by atoms with van der Waals surface area (Å²) in [7, 11) is 0. The van der Waals surface area contributed by atoms with Gasteiger partial charge >= 0.3 is 0 Å². The Bertz CT molecular complexity index is 330. The second-order valence-corrected chi connectivity index (χ2v) is 4.36. The van der Waals surface area contributed by atoms with Gasteiger partial charge < -0.3 is 9.52 Å². The fourth-order valence-electron chi connectivity index (χ4n) is 3.12. The summed E-state index contributed by atoms with van der Waals surface area (Å²) in [4.78, 5) is 0. The van der Waals surface area contributed by atoms with E-state index in [2.05, 4.69) is 0 Å². The Morgan fingerprint density at radius 1 is 1.46 bits per heavy atom. The Kier molecular flexibility index (Phi) is 1.28. The molecule has 0 saturated heterocycles. The summed E-state index contributed by atoms with van der Waals surface area (Å²) in [5, 5.41) is 10.4. The molecule has 2 saturated carbocycles. The summed E-state index contributed by atoms with van der Waals surface area (Å²) < 4.78 is 5.24. The number of fused-ring (bicyclic) bond motifs is 1. The zero-order chi connectivity index (χ0) is 9.05. The first-order valence-corrected chi connectivity index (χ1v) is 5.01. The van der Waals surface area contributed by atoms with Gasteiger partial charge in [-0.3, -0.25) is 0 Å². The second kappa shape index (κ2) is 2.18. The van der Waals surface area contributed by atoms with E-state index in [1.165, 1.54) is 19.3 Å². The van der Waals surface area contributed by atoms with Crippen molar-refractivity contribution in [2.45, 2.75) is 31.8 Å². The normalized spacial score (nSPS) is 42.0. The van der Waals surface area contributed by atoms with Crippen molar-refractivity contribution in [3.8, 4) is 0 Å². The largest absolute Gasteiger partial charge is 0.469 e. The predicted octanol–water partition coefficient (Wildman–Crippen LogP) is 2.21. The molecule has 0 aliphatic heterocycles. The van der Waals surface area contributed by atoms with Crippen LogP contribution in [0.15, 0.2) is 16.7 Å². The molecule has 0 bridgehead atoms. The highest BCUT2D eigenvalue weighted by Gasteiger charge is 2.67. The minimum absolute atomic E-state index is 0.517. The monoisotopic (exact) mass is 178 g/mol. The van der Waals surface area contributed by atoms with Gasteiger partial charge in [-0.2, -0.15) is 0 Å². The first-order valence-electron chi connectivity index (χ1n) is 5.01. The van der Waals surface area contributed by atoms with Crippen LogP contribution in [0.1, 0.15) is 30.6 Å². The molecule has 2 aliphatic carbocycles. The molecule has 2 nitrogen and oxygen atoms in total. The number of rotatable bonds is 1. The highest BCUT2D eigenvalue weighted by atomic mass is 16.3. The lowest BCUT2D eigenvalue weighted by atomic mass is 10.00. The van der Waals surface area contributed by atoms with Crippen LogP contribution in [0.4, 0.5) is 0 Å². The Labute approximate surface area is 77.6 Å². The molecule has 3 rings (SSSR count). The van der Waals surface area contributed by atoms with Crippen LogP contribution in [-0.4, -0.2) is 5.11 Å². The van der Waals surface area contributed by atoms with Crippen LogP contribution in [0, 0.1) is 18.8 Å². The number of furan rings is 1. The minimum atomic E-state index is -0.519. The van der Waals surface area contributed by atoms with Crippen molar-refractivity contribution in [3.05, 3.63) is 23.7 Å². The molecule has 1 aromatic rings. The van der Waals surface area contributed by atoms with E-state index < -0.39 is 5.60 Å². The Hall–Kier alpha value is -0.760. The summed E-state index contributed by atoms with van der Waals surface area (Å²) in [6, 6.07) is 1.92. The first kappa shape index (κ1) is 7.63. The van der Waals surface area contributed by atoms with Crippen LogP contribution < -0.4 is 0 Å². The van der Waals surface area contributed by atoms with Gasteiger partial charge in [-0.15, -0.1) is 0 Å². The second-order valence-electron chi connectivity index (χ2n) is 4.36. The van der Waals surface area contributed by atoms with Crippen LogP contribution in [0.3, 0.4) is 0 Å². The molecule has 1 aromatic heterocycles. The highest BCUT2D eigenvalue weighted by molar-refractivity contribution is 5.35. The molecular formula is C11H14O2. The van der Waals surface area contributed by atoms with Gasteiger partial charge in [-0.25, -0.2) is 0 Å². The maximum absolute atomic E-state index is 10.4. The lowest BCUT2D eigenvalue weighted by Crippen LogP contribution is -2.13. The molecule has 2 heteroatoms. The van der Waals surface area contributed by atoms with Crippen molar-refractivity contribution < 1.29 is 9.52 Å². The van der Waals surface area contributed by atoms with Gasteiger partial charge in [0.25, 0.3) is 0 Å². The van der Waals surface area contributed by atoms with Crippen LogP contribution in [0.25, 0.3) is 0 Å². The topological polar surface area (TPSA) is 33.4 Å². The van der Waals surface area contributed by atoms with Crippen LogP contribution in [0.2, 0.25) is 0 Å². The third kappa shape index (κ3) is 0.773. The molecule has 2 unspecified atom stereocenters. The molecular weight excluding hydrogens is 164 g/mol. The number of hydrogen-bond acceptors (Lipinski definition) is 2. The van der Waals surface area contributed by atoms with E-state index in [-0.39, 0.29) is 0 Å². The number of aryl methyl sites for hydroxylation is 1. The smallest absolute Gasteiger partial charge is 0.106 e. The van der Waals surface area contributed by atoms with Gasteiger partial charge in [0.15, 0.2) is 0 Å². The van der Waals surface area contributed by atoms with E-state index in [1.807, 2.05) is 13.0 Å². The molecule has 0 aromatic carbocycles. The average Bonchev–Trinajstić information content (AvgIpc) is 2.61. The maximum Gasteiger partial charge on any atom is 0.106 e. The van der Waals surface area contributed by atoms with Crippen LogP contribution >= 0.6 is 0 Å². The van der Waals surface area contributed by atoms with Crippen molar-refractivity contribution in [1.29, 1.82) is 0 Å². The predicted molar refractivity (Wildman–Crippen MR) is 48.2 cm³/mol. The van der Waals surface area contributed by atoms with E-state index in [1.54, 1.807) is 6.26 Å². The van der Waals surface area contributed by atoms with E-state index in [9.17, 15) is 5.11 Å². The molecule has 70 valence electrons. The average molecular weight is 178 g/mol. The van der Waals surface area contributed by atoms with Crippen molar-refractivity contribution in [2.24, 2.45) is 11.8 Å². The van der Waals surface area contributed by atoms with E-state index in [0.717, 1.165) is 11.3 Å². The van der Waals surface area contributed by atoms with Gasteiger partial charge in [0, 0.05) is 5.56 Å². The molecule has 1 heterocycles. The third-order valence-electron chi connectivity index (χ3n) is 3.83. The lowest BCUT2D eigenvalue weighted by Gasteiger charge is -2.12. The van der Waals surface area contributed by atoms with Gasteiger partial charge in [0.2, 0.25) is 0 Å². The number of aliphatic hydroxyl groups is 1. The SMILES string of the molecule is Cc1occc1C1(O)C2CCCC21. The standard InChI is InChI=1S/C11H14O2/c1-7-8(5-6-13-7)11(12)9-3-2-4-10(9)11/h5-6,9-10,12H,2-4H2,1H3. The fourth-order valence-corrected chi connectivity index (χ4v) is 3.12. The van der Waals surface area contributed by atoms with Crippen molar-refractivity contribution in [3.63, 3.8) is 0 Å². The van der Waals surface area contributed by atoms with E-state index in [4.69, 9.17) is 4.42 Å². The summed E-state index contributed by atoms with van der Waals surface area (Å²) in [6.07, 6.45) is 5.34. The summed E-state index contributed by atoms with van der Waals surface area (Å²) in [6.45, 7) is 1.93. The Balaban J connectivity index is 1.99. The minimum Gasteiger partial charge on any atom is -0.469 e. The van der Waals surface area contributed by atoms with Gasteiger partial charge in [-0.1, -0.05) is 6.42 Å². The zero-order valence-corrected chi connectivity index (χ0v) is 7.79. The first-order chi connectivity index (χ1) is 6.24. The summed E-state index contributed by atoms with van der Waals surface area (Å²) >= 11 is 0. The van der Waals surface area contributed by atoms with Gasteiger partial charge in [-0.05, 0) is 37.7 Å². The van der Waals surface area contributed by atoms with Crippen LogP contribution in [-0.2, 0) is 5.60 Å². The van der Waals surface area contributed by atoms with Gasteiger partial charge in [0.05, 0.1) is 11.9 Å².